The van der Waals surface area contributed by atoms with Crippen molar-refractivity contribution < 1.29 is 9.53 Å². The predicted molar refractivity (Wildman–Crippen MR) is 66.8 cm³/mol. The van der Waals surface area contributed by atoms with Gasteiger partial charge in [-0.15, -0.1) is 0 Å². The van der Waals surface area contributed by atoms with Crippen LogP contribution in [-0.2, 0) is 14.9 Å². The van der Waals surface area contributed by atoms with Gasteiger partial charge in [-0.25, -0.2) is 0 Å². The smallest absolute Gasteiger partial charge is 0.319 e. The highest BCUT2D eigenvalue weighted by Crippen LogP contribution is 2.20. The summed E-state index contributed by atoms with van der Waals surface area (Å²) in [6, 6.07) is 3.98. The van der Waals surface area contributed by atoms with Gasteiger partial charge in [0, 0.05) is 24.4 Å². The second-order valence-electron chi connectivity index (χ2n) is 4.53. The van der Waals surface area contributed by atoms with E-state index >= 15 is 0 Å². The van der Waals surface area contributed by atoms with Crippen LogP contribution in [0.3, 0.4) is 0 Å². The molecule has 94 valence electrons. The standard InChI is InChI=1S/C13H20N2O2/c1-4-17-12(16)9-15-10-13(2,3)11-5-7-14-8-6-11/h5-8,15H,4,9-10H2,1-3H3. The van der Waals surface area contributed by atoms with Crippen molar-refractivity contribution in [3.8, 4) is 0 Å². The van der Waals surface area contributed by atoms with Crippen molar-refractivity contribution in [3.63, 3.8) is 0 Å². The molecular formula is C13H20N2O2. The fourth-order valence-electron chi connectivity index (χ4n) is 1.59. The number of pyridine rings is 1. The molecule has 0 saturated carbocycles. The molecule has 0 radical (unpaired) electrons. The molecule has 0 aliphatic rings. The summed E-state index contributed by atoms with van der Waals surface area (Å²) in [5, 5.41) is 3.11. The van der Waals surface area contributed by atoms with Crippen LogP contribution in [0.25, 0.3) is 0 Å². The van der Waals surface area contributed by atoms with Crippen LogP contribution in [0, 0.1) is 0 Å². The van der Waals surface area contributed by atoms with Gasteiger partial charge in [-0.2, -0.15) is 0 Å². The molecule has 1 N–H and O–H groups in total. The molecule has 0 aliphatic heterocycles. The van der Waals surface area contributed by atoms with Gasteiger partial charge < -0.3 is 10.1 Å². The minimum absolute atomic E-state index is 0.0323. The van der Waals surface area contributed by atoms with Crippen LogP contribution >= 0.6 is 0 Å². The van der Waals surface area contributed by atoms with Crippen LogP contribution in [0.4, 0.5) is 0 Å². The second-order valence-corrected chi connectivity index (χ2v) is 4.53. The summed E-state index contributed by atoms with van der Waals surface area (Å²) in [6.07, 6.45) is 3.56. The maximum atomic E-state index is 11.2. The first-order valence-corrected chi connectivity index (χ1v) is 5.83. The fraction of sp³-hybridized carbons (Fsp3) is 0.538. The molecule has 4 nitrogen and oxygen atoms in total. The maximum Gasteiger partial charge on any atom is 0.319 e. The number of nitrogens with zero attached hydrogens (tertiary/aromatic N) is 1. The molecule has 0 saturated heterocycles. The van der Waals surface area contributed by atoms with Crippen molar-refractivity contribution in [2.45, 2.75) is 26.2 Å². The first-order valence-electron chi connectivity index (χ1n) is 5.83. The first kappa shape index (κ1) is 13.6. The Morgan fingerprint density at radius 2 is 2.06 bits per heavy atom. The van der Waals surface area contributed by atoms with Crippen molar-refractivity contribution >= 4 is 5.97 Å². The van der Waals surface area contributed by atoms with Crippen LogP contribution < -0.4 is 5.32 Å². The summed E-state index contributed by atoms with van der Waals surface area (Å²) < 4.78 is 4.85. The topological polar surface area (TPSA) is 51.2 Å². The van der Waals surface area contributed by atoms with E-state index in [2.05, 4.69) is 24.1 Å². The van der Waals surface area contributed by atoms with E-state index in [-0.39, 0.29) is 17.9 Å². The average Bonchev–Trinajstić information content (AvgIpc) is 2.30. The molecular weight excluding hydrogens is 216 g/mol. The van der Waals surface area contributed by atoms with Gasteiger partial charge in [0.25, 0.3) is 0 Å². The molecule has 0 aromatic carbocycles. The third-order valence-electron chi connectivity index (χ3n) is 2.60. The lowest BCUT2D eigenvalue weighted by Crippen LogP contribution is -2.36. The number of rotatable bonds is 6. The Balaban J connectivity index is 2.43. The summed E-state index contributed by atoms with van der Waals surface area (Å²) in [7, 11) is 0. The van der Waals surface area contributed by atoms with Gasteiger partial charge in [-0.05, 0) is 24.6 Å². The van der Waals surface area contributed by atoms with Gasteiger partial charge in [0.2, 0.25) is 0 Å². The Bertz CT molecular complexity index is 350. The molecule has 0 aliphatic carbocycles. The van der Waals surface area contributed by atoms with Gasteiger partial charge in [0.15, 0.2) is 0 Å². The maximum absolute atomic E-state index is 11.2. The minimum Gasteiger partial charge on any atom is -0.465 e. The number of aromatic nitrogens is 1. The predicted octanol–water partition coefficient (Wildman–Crippen LogP) is 1.51. The van der Waals surface area contributed by atoms with Crippen LogP contribution in [0.1, 0.15) is 26.3 Å². The highest BCUT2D eigenvalue weighted by molar-refractivity contribution is 5.71. The number of nitrogens with one attached hydrogen (secondary N) is 1. The molecule has 1 aromatic heterocycles. The molecule has 1 heterocycles. The van der Waals surface area contributed by atoms with Crippen molar-refractivity contribution in [3.05, 3.63) is 30.1 Å². The lowest BCUT2D eigenvalue weighted by atomic mass is 9.85. The van der Waals surface area contributed by atoms with E-state index < -0.39 is 0 Å². The molecule has 0 spiro atoms. The zero-order chi connectivity index (χ0) is 12.7. The van der Waals surface area contributed by atoms with Gasteiger partial charge >= 0.3 is 5.97 Å². The summed E-state index contributed by atoms with van der Waals surface area (Å²) >= 11 is 0. The molecule has 1 rings (SSSR count). The Hall–Kier alpha value is -1.42. The average molecular weight is 236 g/mol. The molecule has 0 fully saturated rings. The summed E-state index contributed by atoms with van der Waals surface area (Å²) in [5.74, 6) is -0.210. The monoisotopic (exact) mass is 236 g/mol. The van der Waals surface area contributed by atoms with E-state index in [1.165, 1.54) is 5.56 Å². The second kappa shape index (κ2) is 6.35. The molecule has 0 unspecified atom stereocenters. The molecule has 4 heteroatoms. The lowest BCUT2D eigenvalue weighted by Gasteiger charge is -2.25. The van der Waals surface area contributed by atoms with E-state index in [9.17, 15) is 4.79 Å². The van der Waals surface area contributed by atoms with E-state index in [1.807, 2.05) is 12.1 Å². The Morgan fingerprint density at radius 3 is 2.65 bits per heavy atom. The van der Waals surface area contributed by atoms with Crippen molar-refractivity contribution in [1.29, 1.82) is 0 Å². The van der Waals surface area contributed by atoms with E-state index in [0.717, 1.165) is 6.54 Å². The van der Waals surface area contributed by atoms with Crippen LogP contribution in [-0.4, -0.2) is 30.6 Å². The Morgan fingerprint density at radius 1 is 1.41 bits per heavy atom. The van der Waals surface area contributed by atoms with Crippen molar-refractivity contribution in [1.82, 2.24) is 10.3 Å². The zero-order valence-electron chi connectivity index (χ0n) is 10.7. The third kappa shape index (κ3) is 4.53. The quantitative estimate of drug-likeness (QED) is 0.761. The van der Waals surface area contributed by atoms with Gasteiger partial charge in [0.1, 0.15) is 0 Å². The molecule has 0 amide bonds. The SMILES string of the molecule is CCOC(=O)CNCC(C)(C)c1ccncc1. The third-order valence-corrected chi connectivity index (χ3v) is 2.60. The van der Waals surface area contributed by atoms with Gasteiger partial charge in [-0.1, -0.05) is 13.8 Å². The Kier molecular flexibility index (Phi) is 5.10. The first-order chi connectivity index (χ1) is 8.06. The van der Waals surface area contributed by atoms with Crippen LogP contribution in [0.5, 0.6) is 0 Å². The molecule has 0 bridgehead atoms. The summed E-state index contributed by atoms with van der Waals surface area (Å²) in [5.41, 5.74) is 1.17. The number of ether oxygens (including phenoxy) is 1. The fourth-order valence-corrected chi connectivity index (χ4v) is 1.59. The van der Waals surface area contributed by atoms with E-state index in [0.29, 0.717) is 6.61 Å². The molecule has 0 atom stereocenters. The molecule has 17 heavy (non-hydrogen) atoms. The lowest BCUT2D eigenvalue weighted by molar-refractivity contribution is -0.142. The number of carbonyl (C=O) groups is 1. The minimum atomic E-state index is -0.210. The summed E-state index contributed by atoms with van der Waals surface area (Å²) in [4.78, 5) is 15.2. The Labute approximate surface area is 102 Å². The zero-order valence-corrected chi connectivity index (χ0v) is 10.7. The number of hydrogen-bond acceptors (Lipinski definition) is 4. The van der Waals surface area contributed by atoms with Crippen molar-refractivity contribution in [2.75, 3.05) is 19.7 Å². The largest absolute Gasteiger partial charge is 0.465 e. The van der Waals surface area contributed by atoms with Gasteiger partial charge in [0.05, 0.1) is 13.2 Å². The highest BCUT2D eigenvalue weighted by atomic mass is 16.5. The number of carbonyl (C=O) groups excluding carboxylic acids is 1. The number of esters is 1. The highest BCUT2D eigenvalue weighted by Gasteiger charge is 2.20. The van der Waals surface area contributed by atoms with Crippen molar-refractivity contribution in [2.24, 2.45) is 0 Å². The van der Waals surface area contributed by atoms with E-state index in [1.54, 1.807) is 19.3 Å². The normalized spacial score (nSPS) is 11.2. The van der Waals surface area contributed by atoms with Crippen LogP contribution in [0.15, 0.2) is 24.5 Å². The molecule has 1 aromatic rings. The number of hydrogen-bond donors (Lipinski definition) is 1. The van der Waals surface area contributed by atoms with Crippen LogP contribution in [0.2, 0.25) is 0 Å². The van der Waals surface area contributed by atoms with Gasteiger partial charge in [-0.3, -0.25) is 9.78 Å². The summed E-state index contributed by atoms with van der Waals surface area (Å²) in [6.45, 7) is 7.45. The van der Waals surface area contributed by atoms with E-state index in [4.69, 9.17) is 4.74 Å².